The number of benzene rings is 1. The molecule has 1 aromatic carbocycles. The van der Waals surface area contributed by atoms with Crippen molar-refractivity contribution >= 4 is 48.9 Å². The van der Waals surface area contributed by atoms with Crippen molar-refractivity contribution in [1.82, 2.24) is 16.0 Å². The molecule has 0 saturated carbocycles. The molecule has 4 amide bonds. The van der Waals surface area contributed by atoms with Crippen molar-refractivity contribution in [2.75, 3.05) is 18.1 Å². The molecule has 1 rings (SSSR count). The molecular formula is C17H22N5O6ReS2-5. The van der Waals surface area contributed by atoms with E-state index in [1.807, 2.05) is 0 Å². The van der Waals surface area contributed by atoms with Crippen LogP contribution in [-0.4, -0.2) is 59.8 Å². The minimum atomic E-state index is -1.08. The molecule has 0 spiro atoms. The number of nitrogens with two attached hydrogens (primary N) is 2. The van der Waals surface area contributed by atoms with E-state index in [2.05, 4.69) is 16.0 Å². The second kappa shape index (κ2) is 15.9. The molecule has 11 nitrogen and oxygen atoms in total. The van der Waals surface area contributed by atoms with Crippen molar-refractivity contribution in [3.05, 3.63) is 29.8 Å². The van der Waals surface area contributed by atoms with Crippen LogP contribution in [0.1, 0.15) is 5.56 Å². The van der Waals surface area contributed by atoms with Crippen LogP contribution >= 0.6 is 0 Å². The zero-order chi connectivity index (χ0) is 22.0. The average Bonchev–Trinajstić information content (AvgIpc) is 2.69. The number of nitrogens with one attached hydrogen (secondary N) is 3. The second-order valence-corrected chi connectivity index (χ2v) is 6.76. The van der Waals surface area contributed by atoms with Gasteiger partial charge in [-0.1, -0.05) is 24.3 Å². The quantitative estimate of drug-likeness (QED) is 0.151. The molecule has 0 heterocycles. The third-order valence-corrected chi connectivity index (χ3v) is 4.45. The predicted molar refractivity (Wildman–Crippen MR) is 109 cm³/mol. The molecule has 31 heavy (non-hydrogen) atoms. The Morgan fingerprint density at radius 3 is 2.00 bits per heavy atom. The van der Waals surface area contributed by atoms with Crippen LogP contribution in [0.25, 0.3) is 0 Å². The molecule has 0 unspecified atom stereocenters. The summed E-state index contributed by atoms with van der Waals surface area (Å²) in [5.41, 5.74) is 11.6. The molecule has 0 bridgehead atoms. The summed E-state index contributed by atoms with van der Waals surface area (Å²) in [6, 6.07) is 2.79. The monoisotopic (exact) mass is 643 g/mol. The Bertz CT molecular complexity index is 740. The fraction of sp³-hybridized carbons (Fsp3) is 0.412. The molecule has 3 atom stereocenters. The van der Waals surface area contributed by atoms with E-state index in [1.54, 1.807) is 12.1 Å². The van der Waals surface area contributed by atoms with Crippen LogP contribution in [0, 0.1) is 0 Å². The van der Waals surface area contributed by atoms with Crippen molar-refractivity contribution < 1.29 is 50.2 Å². The van der Waals surface area contributed by atoms with E-state index < -0.39 is 48.3 Å². The van der Waals surface area contributed by atoms with Gasteiger partial charge in [0.05, 0.1) is 24.7 Å². The van der Waals surface area contributed by atoms with E-state index >= 15 is 0 Å². The van der Waals surface area contributed by atoms with Gasteiger partial charge in [0.25, 0.3) is 0 Å². The molecule has 0 aromatic heterocycles. The van der Waals surface area contributed by atoms with E-state index in [9.17, 15) is 24.3 Å². The maximum Gasteiger partial charge on any atom is 0.241 e. The van der Waals surface area contributed by atoms with E-state index in [0.717, 1.165) is 0 Å². The van der Waals surface area contributed by atoms with Crippen molar-refractivity contribution in [2.45, 2.75) is 24.5 Å². The Labute approximate surface area is 204 Å². The molecule has 1 radical (unpaired) electrons. The fourth-order valence-corrected chi connectivity index (χ4v) is 2.65. The molecule has 0 aliphatic carbocycles. The minimum absolute atomic E-state index is 0. The molecule has 0 aliphatic heterocycles. The summed E-state index contributed by atoms with van der Waals surface area (Å²) < 4.78 is 0. The van der Waals surface area contributed by atoms with E-state index in [1.165, 1.54) is 12.1 Å². The van der Waals surface area contributed by atoms with E-state index in [-0.39, 0.29) is 49.6 Å². The number of hydrogen-bond donors (Lipinski definition) is 5. The molecule has 1 aromatic rings. The third-order valence-electron chi connectivity index (χ3n) is 3.78. The molecule has 14 heteroatoms. The number of rotatable bonds is 11. The number of hydrogen-bond acceptors (Lipinski definition) is 8. The van der Waals surface area contributed by atoms with Gasteiger partial charge in [-0.3, -0.25) is 19.2 Å². The summed E-state index contributed by atoms with van der Waals surface area (Å²) in [6.07, 6.45) is 0.163. The SMILES string of the molecule is NC(=O)[C@H](C[S-])NC(=O)CNC(=O)[C@H](C[S-])NC(=O)[C@@H](N)Cc1ccc([O-])cc1.[O-2].[Re]. The Morgan fingerprint density at radius 2 is 1.52 bits per heavy atom. The first-order valence-corrected chi connectivity index (χ1v) is 9.67. The van der Waals surface area contributed by atoms with Gasteiger partial charge in [-0.15, -0.1) is 17.3 Å². The van der Waals surface area contributed by atoms with E-state index in [0.29, 0.717) is 5.56 Å². The van der Waals surface area contributed by atoms with Gasteiger partial charge in [0.1, 0.15) is 0 Å². The van der Waals surface area contributed by atoms with Crippen LogP contribution in [0.2, 0.25) is 0 Å². The van der Waals surface area contributed by atoms with Gasteiger partial charge in [-0.05, 0) is 12.0 Å². The van der Waals surface area contributed by atoms with Crippen molar-refractivity contribution in [3.8, 4) is 5.75 Å². The van der Waals surface area contributed by atoms with Crippen LogP contribution in [0.15, 0.2) is 24.3 Å². The summed E-state index contributed by atoms with van der Waals surface area (Å²) in [5.74, 6) is -3.14. The predicted octanol–water partition coefficient (Wildman–Crippen LogP) is -3.83. The zero-order valence-electron chi connectivity index (χ0n) is 16.2. The van der Waals surface area contributed by atoms with Gasteiger partial charge in [0, 0.05) is 20.4 Å². The second-order valence-electron chi connectivity index (χ2n) is 6.09. The van der Waals surface area contributed by atoms with Crippen molar-refractivity contribution in [1.29, 1.82) is 0 Å². The topological polar surface area (TPSA) is 208 Å². The number of primary amides is 1. The largest absolute Gasteiger partial charge is 2.00 e. The smallest absolute Gasteiger partial charge is 0.241 e. The zero-order valence-corrected chi connectivity index (χ0v) is 20.5. The first-order valence-electron chi connectivity index (χ1n) is 8.52. The molecular weight excluding hydrogens is 621 g/mol. The van der Waals surface area contributed by atoms with Gasteiger partial charge in [0.15, 0.2) is 0 Å². The molecule has 175 valence electrons. The van der Waals surface area contributed by atoms with Gasteiger partial charge in [0.2, 0.25) is 23.6 Å². The van der Waals surface area contributed by atoms with Crippen LogP contribution < -0.4 is 32.5 Å². The normalized spacial score (nSPS) is 12.7. The summed E-state index contributed by atoms with van der Waals surface area (Å²) in [5, 5.41) is 18.1. The van der Waals surface area contributed by atoms with Crippen molar-refractivity contribution in [2.24, 2.45) is 11.5 Å². The Kier molecular flexibility index (Phi) is 16.1. The van der Waals surface area contributed by atoms with Gasteiger partial charge in [-0.25, -0.2) is 0 Å². The van der Waals surface area contributed by atoms with Crippen LogP contribution in [0.3, 0.4) is 0 Å². The number of carbonyl (C=O) groups excluding carboxylic acids is 4. The maximum atomic E-state index is 12.2. The van der Waals surface area contributed by atoms with Crippen LogP contribution in [-0.2, 0) is 76.8 Å². The Balaban J connectivity index is 0. The number of amides is 4. The van der Waals surface area contributed by atoms with Gasteiger partial charge < -0.3 is 63.3 Å². The summed E-state index contributed by atoms with van der Waals surface area (Å²) in [7, 11) is 0. The van der Waals surface area contributed by atoms with Crippen LogP contribution in [0.4, 0.5) is 0 Å². The fourth-order valence-electron chi connectivity index (χ4n) is 2.16. The average molecular weight is 643 g/mol. The molecule has 0 aliphatic rings. The Morgan fingerprint density at radius 1 is 0.968 bits per heavy atom. The minimum Gasteiger partial charge on any atom is -2.00 e. The maximum absolute atomic E-state index is 12.2. The van der Waals surface area contributed by atoms with Crippen LogP contribution in [0.5, 0.6) is 5.75 Å². The number of carbonyl (C=O) groups is 4. The first kappa shape index (κ1) is 31.4. The molecule has 0 saturated heterocycles. The molecule has 0 fully saturated rings. The van der Waals surface area contributed by atoms with Gasteiger partial charge >= 0.3 is 0 Å². The first-order chi connectivity index (χ1) is 13.7. The summed E-state index contributed by atoms with van der Waals surface area (Å²) >= 11 is 9.57. The Hall–Kier alpha value is -1.82. The third kappa shape index (κ3) is 11.4. The molecule has 7 N–H and O–H groups in total. The van der Waals surface area contributed by atoms with E-state index in [4.69, 9.17) is 36.7 Å². The van der Waals surface area contributed by atoms with Gasteiger partial charge in [-0.2, -0.15) is 0 Å². The van der Waals surface area contributed by atoms with Crippen molar-refractivity contribution in [3.63, 3.8) is 0 Å². The summed E-state index contributed by atoms with van der Waals surface area (Å²) in [6.45, 7) is -0.451. The standard InChI is InChI=1S/C17H25N5O5S2.O.Re/c18-11(5-9-1-3-10(23)4-2-9)16(26)22-13(8-29)17(27)20-6-14(24)21-12(7-28)15(19)25;;/h1-4,11-13,23,28-29H,5-8,18H2,(H2,19,25)(H,20,27)(H,21,24)(H,22,26);;/q;-2;/p-3/t11-,12-,13-;;/m0../s1. The summed E-state index contributed by atoms with van der Waals surface area (Å²) in [4.78, 5) is 47.2.